The van der Waals surface area contributed by atoms with Gasteiger partial charge in [0.15, 0.2) is 0 Å². The van der Waals surface area contributed by atoms with Crippen molar-refractivity contribution in [1.29, 1.82) is 0 Å². The zero-order valence-corrected chi connectivity index (χ0v) is 31.7. The molecule has 0 bridgehead atoms. The van der Waals surface area contributed by atoms with Gasteiger partial charge >= 0.3 is 0 Å². The summed E-state index contributed by atoms with van der Waals surface area (Å²) >= 11 is 0. The molecule has 2 N–H and O–H groups in total. The Morgan fingerprint density at radius 1 is 0.300 bits per heavy atom. The van der Waals surface area contributed by atoms with E-state index in [9.17, 15) is 0 Å². The molecular formula is C48H66N2. The first-order valence-corrected chi connectivity index (χ1v) is 21.2. The van der Waals surface area contributed by atoms with E-state index in [1.54, 1.807) is 0 Å². The number of aromatic nitrogens is 2. The van der Waals surface area contributed by atoms with Crippen molar-refractivity contribution in [3.05, 3.63) is 72.1 Å². The van der Waals surface area contributed by atoms with Gasteiger partial charge in [0.2, 0.25) is 0 Å². The lowest BCUT2D eigenvalue weighted by Gasteiger charge is -2.09. The molecule has 2 aromatic heterocycles. The number of nitrogens with one attached hydrogen (secondary N) is 2. The van der Waals surface area contributed by atoms with E-state index in [2.05, 4.69) is 84.5 Å². The van der Waals surface area contributed by atoms with Crippen LogP contribution >= 0.6 is 0 Å². The summed E-state index contributed by atoms with van der Waals surface area (Å²) in [5.41, 5.74) is 5.33. The molecule has 2 heteroatoms. The summed E-state index contributed by atoms with van der Waals surface area (Å²) < 4.78 is 0. The van der Waals surface area contributed by atoms with Crippen molar-refractivity contribution in [3.8, 4) is 0 Å². The molecule has 0 aliphatic heterocycles. The Balaban J connectivity index is 1.03. The summed E-state index contributed by atoms with van der Waals surface area (Å²) in [6, 6.07) is 23.7. The average Bonchev–Trinajstić information content (AvgIpc) is 3.76. The maximum Gasteiger partial charge on any atom is 0.0462 e. The van der Waals surface area contributed by atoms with E-state index in [1.807, 2.05) is 0 Å². The number of H-pyrrole nitrogens is 2. The van der Waals surface area contributed by atoms with Gasteiger partial charge in [-0.05, 0) is 82.3 Å². The molecule has 2 heterocycles. The van der Waals surface area contributed by atoms with Crippen molar-refractivity contribution in [2.75, 3.05) is 0 Å². The van der Waals surface area contributed by atoms with Gasteiger partial charge in [0.05, 0.1) is 0 Å². The van der Waals surface area contributed by atoms with Crippen molar-refractivity contribution >= 4 is 54.1 Å². The Labute approximate surface area is 303 Å². The van der Waals surface area contributed by atoms with Crippen LogP contribution < -0.4 is 0 Å². The molecule has 0 spiro atoms. The third-order valence-corrected chi connectivity index (χ3v) is 11.6. The van der Waals surface area contributed by atoms with Gasteiger partial charge < -0.3 is 9.97 Å². The van der Waals surface area contributed by atoms with Crippen LogP contribution in [0.4, 0.5) is 0 Å². The van der Waals surface area contributed by atoms with Gasteiger partial charge in [0, 0.05) is 33.2 Å². The molecule has 0 saturated carbocycles. The van der Waals surface area contributed by atoms with Crippen molar-refractivity contribution in [3.63, 3.8) is 0 Å². The minimum absolute atomic E-state index is 1.15. The van der Waals surface area contributed by atoms with Crippen LogP contribution in [0.3, 0.4) is 0 Å². The molecule has 0 unspecified atom stereocenters. The van der Waals surface area contributed by atoms with Crippen LogP contribution in [0.25, 0.3) is 54.1 Å². The Bertz CT molecular complexity index is 1760. The number of fused-ring (bicyclic) bond motifs is 9. The van der Waals surface area contributed by atoms with Crippen molar-refractivity contribution in [2.45, 2.75) is 168 Å². The highest BCUT2D eigenvalue weighted by Gasteiger charge is 2.12. The molecule has 0 saturated heterocycles. The molecule has 2 nitrogen and oxygen atoms in total. The third kappa shape index (κ3) is 9.54. The Kier molecular flexibility index (Phi) is 14.2. The molecule has 0 amide bonds. The monoisotopic (exact) mass is 671 g/mol. The fraction of sp³-hybridized carbons (Fsp3) is 0.542. The van der Waals surface area contributed by atoms with E-state index in [-0.39, 0.29) is 0 Å². The second kappa shape index (κ2) is 19.4. The lowest BCUT2D eigenvalue weighted by atomic mass is 9.94. The smallest absolute Gasteiger partial charge is 0.0462 e. The predicted molar refractivity (Wildman–Crippen MR) is 223 cm³/mol. The fourth-order valence-corrected chi connectivity index (χ4v) is 8.61. The highest BCUT2D eigenvalue weighted by Crippen LogP contribution is 2.37. The molecular weight excluding hydrogens is 605 g/mol. The number of benzene rings is 4. The van der Waals surface area contributed by atoms with E-state index in [0.717, 1.165) is 12.8 Å². The second-order valence-electron chi connectivity index (χ2n) is 15.6. The van der Waals surface area contributed by atoms with Gasteiger partial charge in [-0.15, -0.1) is 0 Å². The molecule has 0 radical (unpaired) electrons. The van der Waals surface area contributed by atoms with E-state index >= 15 is 0 Å². The van der Waals surface area contributed by atoms with Crippen molar-refractivity contribution in [2.24, 2.45) is 0 Å². The van der Waals surface area contributed by atoms with Crippen LogP contribution in [-0.2, 0) is 12.8 Å². The largest absolute Gasteiger partial charge is 0.358 e. The molecule has 6 aromatic rings. The molecule has 268 valence electrons. The molecule has 50 heavy (non-hydrogen) atoms. The standard InChI is InChI=1S/C48H66N2/c1-3-5-7-9-11-13-15-17-19-21-23-25-37-35-45-43-29-27-40-39(41(43)31-33-47(45)49-37)28-30-44-42(40)32-34-48-46(44)36-38(50-48)26-24-22-20-18-16-14-12-10-8-6-4-2/h27-36,49-50H,3-26H2,1-2H3. The molecule has 0 aliphatic carbocycles. The number of aryl methyl sites for hydroxylation is 2. The number of rotatable bonds is 24. The quantitative estimate of drug-likeness (QED) is 0.0474. The Morgan fingerprint density at radius 3 is 0.880 bits per heavy atom. The van der Waals surface area contributed by atoms with E-state index in [0.29, 0.717) is 0 Å². The number of aromatic amines is 2. The highest BCUT2D eigenvalue weighted by atomic mass is 14.7. The van der Waals surface area contributed by atoms with Gasteiger partial charge in [-0.1, -0.05) is 179 Å². The summed E-state index contributed by atoms with van der Waals surface area (Å²) in [6.07, 6.45) is 33.0. The number of hydrogen-bond acceptors (Lipinski definition) is 0. The van der Waals surface area contributed by atoms with Gasteiger partial charge in [-0.2, -0.15) is 0 Å². The predicted octanol–water partition coefficient (Wildman–Crippen LogP) is 15.8. The summed E-state index contributed by atoms with van der Waals surface area (Å²) in [7, 11) is 0. The minimum Gasteiger partial charge on any atom is -0.358 e. The fourth-order valence-electron chi connectivity index (χ4n) is 8.61. The van der Waals surface area contributed by atoms with Gasteiger partial charge in [-0.25, -0.2) is 0 Å². The van der Waals surface area contributed by atoms with Gasteiger partial charge in [0.25, 0.3) is 0 Å². The summed E-state index contributed by atoms with van der Waals surface area (Å²) in [4.78, 5) is 7.51. The number of unbranched alkanes of at least 4 members (excludes halogenated alkanes) is 20. The van der Waals surface area contributed by atoms with E-state index in [1.165, 1.54) is 207 Å². The molecule has 0 atom stereocenters. The zero-order valence-electron chi connectivity index (χ0n) is 31.7. The third-order valence-electron chi connectivity index (χ3n) is 11.6. The average molecular weight is 671 g/mol. The summed E-state index contributed by atoms with van der Waals surface area (Å²) in [5.74, 6) is 0. The first-order valence-electron chi connectivity index (χ1n) is 21.2. The first kappa shape index (κ1) is 36.5. The van der Waals surface area contributed by atoms with Gasteiger partial charge in [-0.3, -0.25) is 0 Å². The van der Waals surface area contributed by atoms with Crippen LogP contribution in [0.5, 0.6) is 0 Å². The lowest BCUT2D eigenvalue weighted by molar-refractivity contribution is 0.549. The van der Waals surface area contributed by atoms with Crippen LogP contribution in [0, 0.1) is 0 Å². The maximum absolute atomic E-state index is 3.76. The topological polar surface area (TPSA) is 31.6 Å². The summed E-state index contributed by atoms with van der Waals surface area (Å²) in [5, 5.41) is 10.9. The maximum atomic E-state index is 3.76. The minimum atomic E-state index is 1.15. The SMILES string of the molecule is CCCCCCCCCCCCCc1cc2c(ccc3c2ccc2c4ccc5[nH]c(CCCCCCCCCCCCC)cc5c4ccc32)[nH]1. The van der Waals surface area contributed by atoms with E-state index < -0.39 is 0 Å². The van der Waals surface area contributed by atoms with Crippen LogP contribution in [-0.4, -0.2) is 9.97 Å². The molecule has 4 aromatic carbocycles. The normalized spacial score (nSPS) is 12.1. The van der Waals surface area contributed by atoms with Gasteiger partial charge in [0.1, 0.15) is 0 Å². The lowest BCUT2D eigenvalue weighted by Crippen LogP contribution is -1.86. The molecule has 6 rings (SSSR count). The Hall–Kier alpha value is -3.26. The zero-order chi connectivity index (χ0) is 34.4. The van der Waals surface area contributed by atoms with E-state index in [4.69, 9.17) is 0 Å². The van der Waals surface area contributed by atoms with Crippen LogP contribution in [0.15, 0.2) is 60.7 Å². The molecule has 0 aliphatic rings. The first-order chi connectivity index (χ1) is 24.8. The van der Waals surface area contributed by atoms with Crippen molar-refractivity contribution < 1.29 is 0 Å². The highest BCUT2D eigenvalue weighted by molar-refractivity contribution is 6.24. The second-order valence-corrected chi connectivity index (χ2v) is 15.6. The van der Waals surface area contributed by atoms with Crippen molar-refractivity contribution in [1.82, 2.24) is 9.97 Å². The number of hydrogen-bond donors (Lipinski definition) is 2. The Morgan fingerprint density at radius 2 is 0.560 bits per heavy atom. The van der Waals surface area contributed by atoms with Crippen LogP contribution in [0.1, 0.15) is 166 Å². The summed E-state index contributed by atoms with van der Waals surface area (Å²) in [6.45, 7) is 4.60. The molecule has 0 fully saturated rings. The van der Waals surface area contributed by atoms with Crippen LogP contribution in [0.2, 0.25) is 0 Å².